The van der Waals surface area contributed by atoms with E-state index in [-0.39, 0.29) is 23.8 Å². The van der Waals surface area contributed by atoms with Crippen LogP contribution >= 0.6 is 0 Å². The highest BCUT2D eigenvalue weighted by Gasteiger charge is 2.32. The summed E-state index contributed by atoms with van der Waals surface area (Å²) in [5.41, 5.74) is 0.966. The number of halogens is 2. The molecule has 3 rings (SSSR count). The van der Waals surface area contributed by atoms with E-state index >= 15 is 0 Å². The summed E-state index contributed by atoms with van der Waals surface area (Å²) < 4.78 is 37.7. The average Bonchev–Trinajstić information content (AvgIpc) is 2.65. The van der Waals surface area contributed by atoms with Gasteiger partial charge in [0.25, 0.3) is 0 Å². The lowest BCUT2D eigenvalue weighted by Gasteiger charge is -2.40. The molecule has 0 bridgehead atoms. The second kappa shape index (κ2) is 8.38. The summed E-state index contributed by atoms with van der Waals surface area (Å²) in [6, 6.07) is 11.9. The highest BCUT2D eigenvalue weighted by Crippen LogP contribution is 2.21. The normalized spacial score (nSPS) is 22.0. The van der Waals surface area contributed by atoms with Crippen molar-refractivity contribution in [1.29, 1.82) is 0 Å². The molecule has 4 nitrogen and oxygen atoms in total. The Morgan fingerprint density at radius 2 is 1.77 bits per heavy atom. The van der Waals surface area contributed by atoms with Crippen molar-refractivity contribution in [3.05, 3.63) is 65.7 Å². The molecule has 1 saturated heterocycles. The van der Waals surface area contributed by atoms with Crippen molar-refractivity contribution in [2.45, 2.75) is 31.7 Å². The van der Waals surface area contributed by atoms with Crippen LogP contribution in [0.3, 0.4) is 0 Å². The van der Waals surface area contributed by atoms with Gasteiger partial charge in [-0.15, -0.1) is 0 Å². The van der Waals surface area contributed by atoms with E-state index in [0.29, 0.717) is 25.3 Å². The zero-order valence-electron chi connectivity index (χ0n) is 14.5. The molecule has 26 heavy (non-hydrogen) atoms. The minimum Gasteiger partial charge on any atom is -0.468 e. The van der Waals surface area contributed by atoms with Crippen molar-refractivity contribution in [3.63, 3.8) is 0 Å². The number of hydrogen-bond acceptors (Lipinski definition) is 4. The topological polar surface area (TPSA) is 38.8 Å². The van der Waals surface area contributed by atoms with Crippen molar-refractivity contribution >= 4 is 6.29 Å². The third kappa shape index (κ3) is 4.65. The van der Waals surface area contributed by atoms with Gasteiger partial charge in [0.1, 0.15) is 17.4 Å². The summed E-state index contributed by atoms with van der Waals surface area (Å²) in [5.74, 6) is -0.210. The Morgan fingerprint density at radius 1 is 1.15 bits per heavy atom. The van der Waals surface area contributed by atoms with Gasteiger partial charge in [0.15, 0.2) is 6.29 Å². The first-order valence-corrected chi connectivity index (χ1v) is 8.54. The summed E-state index contributed by atoms with van der Waals surface area (Å²) in [4.78, 5) is 13.5. The van der Waals surface area contributed by atoms with E-state index in [2.05, 4.69) is 0 Å². The smallest absolute Gasteiger partial charge is 0.209 e. The van der Waals surface area contributed by atoms with Crippen LogP contribution in [0.4, 0.5) is 8.78 Å². The maximum absolute atomic E-state index is 13.0. The number of carbonyl (C=O) groups is 1. The predicted octanol–water partition coefficient (Wildman–Crippen LogP) is 3.20. The zero-order chi connectivity index (χ0) is 18.5. The zero-order valence-corrected chi connectivity index (χ0v) is 14.5. The van der Waals surface area contributed by atoms with Gasteiger partial charge < -0.3 is 9.47 Å². The number of aldehydes is 1. The van der Waals surface area contributed by atoms with Gasteiger partial charge in [-0.25, -0.2) is 8.78 Å². The molecular weight excluding hydrogens is 340 g/mol. The molecule has 1 heterocycles. The molecule has 138 valence electrons. The number of hydrogen-bond donors (Lipinski definition) is 0. The molecule has 0 amide bonds. The largest absolute Gasteiger partial charge is 0.468 e. The summed E-state index contributed by atoms with van der Waals surface area (Å²) in [6.07, 6.45) is 0.442. The summed E-state index contributed by atoms with van der Waals surface area (Å²) in [5, 5.41) is 0. The van der Waals surface area contributed by atoms with Gasteiger partial charge >= 0.3 is 0 Å². The minimum atomic E-state index is -0.782. The van der Waals surface area contributed by atoms with Gasteiger partial charge in [-0.3, -0.25) is 9.69 Å². The average molecular weight is 361 g/mol. The van der Waals surface area contributed by atoms with E-state index in [0.717, 1.165) is 11.8 Å². The third-order valence-electron chi connectivity index (χ3n) is 4.44. The summed E-state index contributed by atoms with van der Waals surface area (Å²) in [6.45, 7) is 2.92. The first kappa shape index (κ1) is 18.5. The molecule has 0 aliphatic carbocycles. The van der Waals surface area contributed by atoms with Crippen molar-refractivity contribution in [3.8, 4) is 5.75 Å². The molecule has 0 radical (unpaired) electrons. The van der Waals surface area contributed by atoms with Crippen LogP contribution in [0.2, 0.25) is 0 Å². The maximum atomic E-state index is 13.0. The van der Waals surface area contributed by atoms with Gasteiger partial charge in [0, 0.05) is 12.6 Å². The molecule has 3 unspecified atom stereocenters. The van der Waals surface area contributed by atoms with Crippen molar-refractivity contribution in [2.24, 2.45) is 0 Å². The summed E-state index contributed by atoms with van der Waals surface area (Å²) >= 11 is 0. The van der Waals surface area contributed by atoms with E-state index in [1.54, 1.807) is 12.1 Å². The van der Waals surface area contributed by atoms with Crippen LogP contribution in [0, 0.1) is 11.6 Å². The molecule has 3 atom stereocenters. The van der Waals surface area contributed by atoms with Crippen LogP contribution in [0.25, 0.3) is 0 Å². The highest BCUT2D eigenvalue weighted by atomic mass is 19.1. The van der Waals surface area contributed by atoms with Gasteiger partial charge in [-0.2, -0.15) is 0 Å². The second-order valence-corrected chi connectivity index (χ2v) is 6.43. The van der Waals surface area contributed by atoms with E-state index in [9.17, 15) is 13.6 Å². The fourth-order valence-electron chi connectivity index (χ4n) is 3.03. The molecule has 1 aliphatic heterocycles. The lowest BCUT2D eigenvalue weighted by Crippen LogP contribution is -2.55. The first-order chi connectivity index (χ1) is 12.5. The molecule has 0 saturated carbocycles. The number of rotatable bonds is 6. The van der Waals surface area contributed by atoms with Crippen molar-refractivity contribution in [1.82, 2.24) is 4.90 Å². The lowest BCUT2D eigenvalue weighted by atomic mass is 10.0. The van der Waals surface area contributed by atoms with Crippen LogP contribution in [0.1, 0.15) is 12.5 Å². The van der Waals surface area contributed by atoms with E-state index < -0.39 is 6.23 Å². The van der Waals surface area contributed by atoms with Gasteiger partial charge in [0.05, 0.1) is 12.7 Å². The molecule has 2 aromatic rings. The van der Waals surface area contributed by atoms with Crippen molar-refractivity contribution < 1.29 is 23.0 Å². The molecule has 1 aliphatic rings. The SMILES string of the molecule is CC1COC(Cc2ccc(F)cc2)CN1C(C=O)Oc1ccc(F)cc1. The maximum Gasteiger partial charge on any atom is 0.209 e. The molecular formula is C20H21F2NO3. The Kier molecular flexibility index (Phi) is 5.96. The molecule has 0 N–H and O–H groups in total. The Labute approximate surface area is 151 Å². The second-order valence-electron chi connectivity index (χ2n) is 6.43. The Morgan fingerprint density at radius 3 is 2.38 bits per heavy atom. The molecule has 6 heteroatoms. The van der Waals surface area contributed by atoms with E-state index in [1.807, 2.05) is 11.8 Å². The number of ether oxygens (including phenoxy) is 2. The molecule has 0 aromatic heterocycles. The van der Waals surface area contributed by atoms with Crippen LogP contribution in [-0.4, -0.2) is 42.7 Å². The van der Waals surface area contributed by atoms with Gasteiger partial charge in [0.2, 0.25) is 6.23 Å². The Bertz CT molecular complexity index is 721. The van der Waals surface area contributed by atoms with E-state index in [4.69, 9.17) is 9.47 Å². The lowest BCUT2D eigenvalue weighted by molar-refractivity contribution is -0.138. The fourth-order valence-corrected chi connectivity index (χ4v) is 3.03. The van der Waals surface area contributed by atoms with Crippen LogP contribution in [0.15, 0.2) is 48.5 Å². The highest BCUT2D eigenvalue weighted by molar-refractivity contribution is 5.56. The standard InChI is InChI=1S/C20H21F2NO3/c1-14-13-25-19(10-15-2-4-16(21)5-3-15)11-23(14)20(12-24)26-18-8-6-17(22)7-9-18/h2-9,12,14,19-20H,10-11,13H2,1H3. The monoisotopic (exact) mass is 361 g/mol. The minimum absolute atomic E-state index is 0.00452. The van der Waals surface area contributed by atoms with E-state index in [1.165, 1.54) is 36.4 Å². The van der Waals surface area contributed by atoms with Crippen LogP contribution < -0.4 is 4.74 Å². The van der Waals surface area contributed by atoms with Gasteiger partial charge in [-0.1, -0.05) is 12.1 Å². The number of carbonyl (C=O) groups excluding carboxylic acids is 1. The quantitative estimate of drug-likeness (QED) is 0.741. The Hall–Kier alpha value is -2.31. The predicted molar refractivity (Wildman–Crippen MR) is 92.9 cm³/mol. The van der Waals surface area contributed by atoms with Crippen molar-refractivity contribution in [2.75, 3.05) is 13.2 Å². The van der Waals surface area contributed by atoms with Crippen LogP contribution in [-0.2, 0) is 16.0 Å². The summed E-state index contributed by atoms with van der Waals surface area (Å²) in [7, 11) is 0. The number of nitrogens with zero attached hydrogens (tertiary/aromatic N) is 1. The third-order valence-corrected chi connectivity index (χ3v) is 4.44. The van der Waals surface area contributed by atoms with Gasteiger partial charge in [-0.05, 0) is 55.3 Å². The Balaban J connectivity index is 1.66. The first-order valence-electron chi connectivity index (χ1n) is 8.54. The number of benzene rings is 2. The molecule has 0 spiro atoms. The van der Waals surface area contributed by atoms with Crippen LogP contribution in [0.5, 0.6) is 5.75 Å². The molecule has 1 fully saturated rings. The fraction of sp³-hybridized carbons (Fsp3) is 0.350. The molecule has 2 aromatic carbocycles. The number of morpholine rings is 1.